The molecule has 12 aromatic rings. The minimum absolute atomic E-state index is 0.0118. The van der Waals surface area contributed by atoms with Crippen LogP contribution in [0.2, 0.25) is 0 Å². The van der Waals surface area contributed by atoms with Gasteiger partial charge in [0.25, 0.3) is 0 Å². The summed E-state index contributed by atoms with van der Waals surface area (Å²) in [6, 6.07) is 48.4. The summed E-state index contributed by atoms with van der Waals surface area (Å²) in [6.07, 6.45) is 7.61. The Hall–Kier alpha value is -10.7. The molecule has 12 rings (SSSR count). The van der Waals surface area contributed by atoms with E-state index in [1.54, 1.807) is 121 Å². The van der Waals surface area contributed by atoms with E-state index >= 15 is 0 Å². The zero-order chi connectivity index (χ0) is 69.6. The van der Waals surface area contributed by atoms with Crippen molar-refractivity contribution in [2.24, 2.45) is 0 Å². The van der Waals surface area contributed by atoms with Crippen molar-refractivity contribution >= 4 is 100 Å². The average molecular weight is 1230 g/mol. The number of ether oxygens (including phenoxy) is 3. The van der Waals surface area contributed by atoms with Crippen molar-refractivity contribution < 1.29 is 71.6 Å². The van der Waals surface area contributed by atoms with Gasteiger partial charge in [0.05, 0.1) is 21.5 Å². The largest absolute Gasteiger partial charge is 0.508 e. The highest BCUT2D eigenvalue weighted by Crippen LogP contribution is 2.51. The number of aryl methyl sites for hydroxylation is 1. The van der Waals surface area contributed by atoms with Gasteiger partial charge in [0.1, 0.15) is 34.5 Å². The predicted octanol–water partition coefficient (Wildman–Crippen LogP) is 19.9. The molecule has 12 nitrogen and oxygen atoms in total. The second kappa shape index (κ2) is 27.5. The van der Waals surface area contributed by atoms with Crippen molar-refractivity contribution in [3.05, 3.63) is 252 Å². The number of carbonyl (C=O) groups is 3. The lowest BCUT2D eigenvalue weighted by molar-refractivity contribution is -0.132. The Morgan fingerprint density at radius 2 is 0.841 bits per heavy atom. The van der Waals surface area contributed by atoms with Gasteiger partial charge < -0.3 is 44.8 Å². The molecule has 0 radical (unpaired) electrons. The first-order chi connectivity index (χ1) is 46.1. The first kappa shape index (κ1) is 49.5. The number of rotatable bonds is 16. The van der Waals surface area contributed by atoms with Crippen molar-refractivity contribution in [1.29, 1.82) is 0 Å². The van der Waals surface area contributed by atoms with Crippen LogP contribution in [0.5, 0.6) is 51.7 Å². The quantitative estimate of drug-likeness (QED) is 0.0501. The summed E-state index contributed by atoms with van der Waals surface area (Å²) in [4.78, 5) is 34.1. The monoisotopic (exact) mass is 1230 g/mol. The van der Waals surface area contributed by atoms with Crippen LogP contribution in [0.15, 0.2) is 224 Å². The fourth-order valence-corrected chi connectivity index (χ4v) is 12.6. The highest BCUT2D eigenvalue weighted by Gasteiger charge is 2.22. The Kier molecular flexibility index (Phi) is 15.5. The molecule has 1 atom stereocenters. The fourth-order valence-electron chi connectivity index (χ4n) is 9.00. The Bertz CT molecular complexity index is 5040. The van der Waals surface area contributed by atoms with Crippen LogP contribution >= 0.6 is 34.0 Å². The highest BCUT2D eigenvalue weighted by atomic mass is 32.1. The van der Waals surface area contributed by atoms with E-state index in [0.717, 1.165) is 77.1 Å². The molecule has 88 heavy (non-hydrogen) atoms. The zero-order valence-electron chi connectivity index (χ0n) is 55.6. The lowest BCUT2D eigenvalue weighted by Gasteiger charge is -2.14. The summed E-state index contributed by atoms with van der Waals surface area (Å²) in [5, 5.41) is 58.4. The van der Waals surface area contributed by atoms with Gasteiger partial charge in [0.2, 0.25) is 0 Å². The van der Waals surface area contributed by atoms with Crippen LogP contribution < -0.4 is 14.2 Å². The van der Waals surface area contributed by atoms with Crippen LogP contribution in [0.25, 0.3) is 79.8 Å². The number of hydrogen-bond acceptors (Lipinski definition) is 12. The van der Waals surface area contributed by atoms with Gasteiger partial charge in [-0.1, -0.05) is 129 Å². The molecule has 9 aromatic carbocycles. The van der Waals surface area contributed by atoms with Crippen LogP contribution in [0, 0.1) is 6.92 Å². The summed E-state index contributed by atoms with van der Waals surface area (Å²) in [5.74, 6) is -1.55. The van der Waals surface area contributed by atoms with Gasteiger partial charge in [-0.15, -0.1) is 34.0 Å². The Morgan fingerprint density at radius 3 is 1.24 bits per heavy atom. The molecule has 0 saturated heterocycles. The maximum absolute atomic E-state index is 10.8. The topological polar surface area (TPSA) is 200 Å². The minimum atomic E-state index is -2.56. The van der Waals surface area contributed by atoms with Crippen LogP contribution in [-0.2, 0) is 14.4 Å². The second-order valence-electron chi connectivity index (χ2n) is 19.3. The number of carboxylic acids is 3. The van der Waals surface area contributed by atoms with Crippen molar-refractivity contribution in [2.45, 2.75) is 26.6 Å². The zero-order valence-corrected chi connectivity index (χ0v) is 49.0. The summed E-state index contributed by atoms with van der Waals surface area (Å²) in [7, 11) is 0. The second-order valence-corrected chi connectivity index (χ2v) is 22.5. The molecule has 0 aliphatic heterocycles. The van der Waals surface area contributed by atoms with Gasteiger partial charge in [0.15, 0.2) is 17.2 Å². The predicted molar refractivity (Wildman–Crippen MR) is 355 cm³/mol. The number of aromatic hydroxyl groups is 3. The lowest BCUT2D eigenvalue weighted by Crippen LogP contribution is -1.92. The van der Waals surface area contributed by atoms with E-state index in [1.807, 2.05) is 42.5 Å². The Balaban J connectivity index is 0.000000159. The van der Waals surface area contributed by atoms with Gasteiger partial charge in [-0.2, -0.15) is 0 Å². The van der Waals surface area contributed by atoms with E-state index < -0.39 is 48.8 Å². The smallest absolute Gasteiger partial charge is 0.328 e. The molecule has 0 fully saturated rings. The average Bonchev–Trinajstić information content (AvgIpc) is 1.68. The molecule has 0 aliphatic rings. The maximum Gasteiger partial charge on any atom is 0.328 e. The summed E-state index contributed by atoms with van der Waals surface area (Å²) < 4.78 is 94.0. The number of thiophene rings is 3. The number of hydrogen-bond donors (Lipinski definition) is 6. The SMILES string of the molecule is Cc1ccccc1-c1sc2cc(O)ccc2c1Oc1ccc(/C=C/C(=O)O)cc1.[2H]C([2H])([2H])C([2H])(C)c1ccccc1-c1sc2cc(O)ccc2c1Oc1ccc(/C=C/C(=O)O)cc1.[2H]c1c([2H])c([2H])c(-c2sc3cc(O)ccc3c2Oc2ccc(/C=C/C(=O)O)cc2)c([2H])c1[2H]. The van der Waals surface area contributed by atoms with E-state index in [-0.39, 0.29) is 34.9 Å². The molecule has 3 heterocycles. The molecule has 0 bridgehead atoms. The third-order valence-electron chi connectivity index (χ3n) is 13.1. The lowest BCUT2D eigenvalue weighted by atomic mass is 9.96. The molecule has 6 N–H and O–H groups in total. The number of aliphatic carboxylic acids is 3. The van der Waals surface area contributed by atoms with E-state index in [2.05, 4.69) is 19.1 Å². The first-order valence-electron chi connectivity index (χ1n) is 31.2. The molecule has 1 unspecified atom stereocenters. The minimum Gasteiger partial charge on any atom is -0.508 e. The van der Waals surface area contributed by atoms with E-state index in [1.165, 1.54) is 48.6 Å². The summed E-state index contributed by atoms with van der Waals surface area (Å²) >= 11 is 4.06. The summed E-state index contributed by atoms with van der Waals surface area (Å²) in [5.41, 5.74) is 5.26. The van der Waals surface area contributed by atoms with Gasteiger partial charge >= 0.3 is 17.9 Å². The van der Waals surface area contributed by atoms with Gasteiger partial charge in [0, 0.05) is 54.0 Å². The first-order valence-corrected chi connectivity index (χ1v) is 29.2. The summed E-state index contributed by atoms with van der Waals surface area (Å²) in [6.45, 7) is 0.880. The normalized spacial score (nSPS) is 13.5. The van der Waals surface area contributed by atoms with Crippen LogP contribution in [-0.4, -0.2) is 48.5 Å². The molecule has 0 aliphatic carbocycles. The van der Waals surface area contributed by atoms with Gasteiger partial charge in [-0.25, -0.2) is 14.4 Å². The molecule has 438 valence electrons. The molecular weight excluding hydrogens is 1160 g/mol. The van der Waals surface area contributed by atoms with E-state index in [9.17, 15) is 29.7 Å². The number of phenols is 3. The van der Waals surface area contributed by atoms with Crippen LogP contribution in [0.1, 0.15) is 59.8 Å². The van der Waals surface area contributed by atoms with Crippen molar-refractivity contribution in [1.82, 2.24) is 0 Å². The standard InChI is InChI=1S/C26H22O4S.C24H18O4S.C23H16O4S/c1-16(2)20-5-3-4-6-21(20)26-25(22-13-10-18(27)15-23(22)31-26)30-19-11-7-17(8-12-19)9-14-24(28)29;1-15-4-2-3-5-19(15)24-23(20-12-9-17(25)14-21(20)29-24)28-18-10-6-16(7-11-18)8-13-22(26)27;24-17-9-12-19-20(14-17)28-23(16-4-2-1-3-5-16)22(19)27-18-10-6-15(7-11-18)8-13-21(25)26/h3-16,27H,1-2H3,(H,28,29);2-14,25H,1H3,(H,26,27);1-14,24H,(H,25,26)/b14-9+;2*13-8+/i1D3,16D;;1D,2D,3D,4D,5D. The number of fused-ring (bicyclic) bond motifs is 3. The maximum atomic E-state index is 10.8. The molecule has 15 heteroatoms. The van der Waals surface area contributed by atoms with Crippen molar-refractivity contribution in [3.63, 3.8) is 0 Å². The van der Waals surface area contributed by atoms with Crippen LogP contribution in [0.4, 0.5) is 0 Å². The van der Waals surface area contributed by atoms with Crippen molar-refractivity contribution in [2.75, 3.05) is 0 Å². The van der Waals surface area contributed by atoms with Gasteiger partial charge in [-0.05, 0) is 167 Å². The third kappa shape index (κ3) is 14.8. The fraction of sp³-hybridized carbons (Fsp3) is 0.0548. The number of carboxylic acid groups (broad SMARTS) is 3. The molecule has 0 spiro atoms. The molecule has 0 amide bonds. The molecule has 0 saturated carbocycles. The molecular formula is C73H56O12S3. The van der Waals surface area contributed by atoms with Crippen LogP contribution in [0.3, 0.4) is 0 Å². The highest BCUT2D eigenvalue weighted by molar-refractivity contribution is 7.23. The third-order valence-corrected chi connectivity index (χ3v) is 16.6. The van der Waals surface area contributed by atoms with E-state index in [0.29, 0.717) is 70.8 Å². The molecule has 3 aromatic heterocycles. The van der Waals surface area contributed by atoms with Gasteiger partial charge in [-0.3, -0.25) is 0 Å². The van der Waals surface area contributed by atoms with Crippen molar-refractivity contribution in [3.8, 4) is 83.1 Å². The Labute approximate surface area is 531 Å². The number of phenolic OH excluding ortho intramolecular Hbond substituents is 3. The Morgan fingerprint density at radius 1 is 0.477 bits per heavy atom. The van der Waals surface area contributed by atoms with E-state index in [4.69, 9.17) is 41.9 Å². The number of benzene rings is 9.